The summed E-state index contributed by atoms with van der Waals surface area (Å²) in [6.07, 6.45) is 5.23. The van der Waals surface area contributed by atoms with Crippen LogP contribution in [0.5, 0.6) is 5.75 Å². The maximum atomic E-state index is 6.23. The van der Waals surface area contributed by atoms with Crippen molar-refractivity contribution in [3.63, 3.8) is 0 Å². The Hall–Kier alpha value is -1.02. The van der Waals surface area contributed by atoms with E-state index in [1.54, 1.807) is 0 Å². The molecule has 0 saturated heterocycles. The van der Waals surface area contributed by atoms with E-state index in [-0.39, 0.29) is 5.41 Å². The number of aryl methyl sites for hydroxylation is 2. The normalized spacial score (nSPS) is 27.7. The Labute approximate surface area is 116 Å². The standard InChI is InChI=1S/C17H25NO/c1-4-18-15-11-16(17(15,2)3)19-14-9-8-12-6-5-7-13(12)10-14/h8-10,15-16,18H,4-7,11H2,1-3H3. The van der Waals surface area contributed by atoms with Crippen LogP contribution in [0.2, 0.25) is 0 Å². The molecule has 2 nitrogen and oxygen atoms in total. The minimum Gasteiger partial charge on any atom is -0.490 e. The predicted octanol–water partition coefficient (Wildman–Crippen LogP) is 3.33. The Balaban J connectivity index is 1.67. The lowest BCUT2D eigenvalue weighted by Gasteiger charge is -2.51. The minimum absolute atomic E-state index is 0.231. The first-order valence-electron chi connectivity index (χ1n) is 7.63. The van der Waals surface area contributed by atoms with Crippen LogP contribution in [-0.2, 0) is 12.8 Å². The van der Waals surface area contributed by atoms with E-state index in [0.29, 0.717) is 12.1 Å². The molecule has 0 amide bonds. The number of hydrogen-bond acceptors (Lipinski definition) is 2. The number of fused-ring (bicyclic) bond motifs is 1. The van der Waals surface area contributed by atoms with Gasteiger partial charge in [0.2, 0.25) is 0 Å². The Morgan fingerprint density at radius 3 is 2.79 bits per heavy atom. The van der Waals surface area contributed by atoms with Crippen molar-refractivity contribution < 1.29 is 4.74 Å². The van der Waals surface area contributed by atoms with Crippen LogP contribution < -0.4 is 10.1 Å². The van der Waals surface area contributed by atoms with Crippen molar-refractivity contribution in [1.29, 1.82) is 0 Å². The number of rotatable bonds is 4. The van der Waals surface area contributed by atoms with E-state index >= 15 is 0 Å². The summed E-state index contributed by atoms with van der Waals surface area (Å²) in [4.78, 5) is 0. The molecule has 0 spiro atoms. The molecule has 1 saturated carbocycles. The van der Waals surface area contributed by atoms with Crippen LogP contribution >= 0.6 is 0 Å². The lowest BCUT2D eigenvalue weighted by atomic mass is 9.64. The Morgan fingerprint density at radius 2 is 2.05 bits per heavy atom. The summed E-state index contributed by atoms with van der Waals surface area (Å²) in [7, 11) is 0. The molecule has 0 heterocycles. The Kier molecular flexibility index (Phi) is 3.30. The maximum Gasteiger partial charge on any atom is 0.120 e. The van der Waals surface area contributed by atoms with Crippen LogP contribution in [0.3, 0.4) is 0 Å². The molecule has 1 aromatic carbocycles. The maximum absolute atomic E-state index is 6.23. The smallest absolute Gasteiger partial charge is 0.120 e. The third kappa shape index (κ3) is 2.27. The summed E-state index contributed by atoms with van der Waals surface area (Å²) < 4.78 is 6.23. The first-order valence-corrected chi connectivity index (χ1v) is 7.63. The van der Waals surface area contributed by atoms with Crippen LogP contribution in [0.4, 0.5) is 0 Å². The van der Waals surface area contributed by atoms with Gasteiger partial charge in [0.05, 0.1) is 0 Å². The van der Waals surface area contributed by atoms with Gasteiger partial charge in [0.25, 0.3) is 0 Å². The highest BCUT2D eigenvalue weighted by atomic mass is 16.5. The van der Waals surface area contributed by atoms with E-state index in [1.165, 1.54) is 30.4 Å². The summed E-state index contributed by atoms with van der Waals surface area (Å²) in [5.74, 6) is 1.06. The second-order valence-electron chi connectivity index (χ2n) is 6.56. The van der Waals surface area contributed by atoms with Gasteiger partial charge in [-0.25, -0.2) is 0 Å². The monoisotopic (exact) mass is 259 g/mol. The first kappa shape index (κ1) is 13.0. The van der Waals surface area contributed by atoms with Crippen LogP contribution in [0.25, 0.3) is 0 Å². The Bertz CT molecular complexity index is 466. The van der Waals surface area contributed by atoms with Gasteiger partial charge in [0.1, 0.15) is 11.9 Å². The summed E-state index contributed by atoms with van der Waals surface area (Å²) in [6.45, 7) is 7.83. The third-order valence-corrected chi connectivity index (χ3v) is 4.98. The largest absolute Gasteiger partial charge is 0.490 e. The van der Waals surface area contributed by atoms with Crippen molar-refractivity contribution in [3.05, 3.63) is 29.3 Å². The van der Waals surface area contributed by atoms with E-state index in [9.17, 15) is 0 Å². The average molecular weight is 259 g/mol. The van der Waals surface area contributed by atoms with Gasteiger partial charge in [0, 0.05) is 17.9 Å². The number of nitrogens with one attached hydrogen (secondary N) is 1. The van der Waals surface area contributed by atoms with Crippen LogP contribution in [0.1, 0.15) is 44.7 Å². The van der Waals surface area contributed by atoms with Crippen molar-refractivity contribution in [2.75, 3.05) is 6.54 Å². The van der Waals surface area contributed by atoms with E-state index in [4.69, 9.17) is 4.74 Å². The van der Waals surface area contributed by atoms with Gasteiger partial charge >= 0.3 is 0 Å². The molecule has 0 radical (unpaired) electrons. The van der Waals surface area contributed by atoms with Crippen molar-refractivity contribution in [1.82, 2.24) is 5.32 Å². The molecule has 1 N–H and O–H groups in total. The molecule has 0 bridgehead atoms. The average Bonchev–Trinajstić information content (AvgIpc) is 2.85. The van der Waals surface area contributed by atoms with Crippen LogP contribution in [0.15, 0.2) is 18.2 Å². The zero-order valence-electron chi connectivity index (χ0n) is 12.3. The third-order valence-electron chi connectivity index (χ3n) is 4.98. The van der Waals surface area contributed by atoms with E-state index in [0.717, 1.165) is 18.7 Å². The summed E-state index contributed by atoms with van der Waals surface area (Å²) in [6, 6.07) is 7.27. The molecule has 104 valence electrons. The zero-order valence-corrected chi connectivity index (χ0v) is 12.3. The van der Waals surface area contributed by atoms with Gasteiger partial charge in [0.15, 0.2) is 0 Å². The van der Waals surface area contributed by atoms with Gasteiger partial charge in [-0.15, -0.1) is 0 Å². The highest BCUT2D eigenvalue weighted by Crippen LogP contribution is 2.43. The van der Waals surface area contributed by atoms with Crippen LogP contribution in [0, 0.1) is 5.41 Å². The van der Waals surface area contributed by atoms with Crippen molar-refractivity contribution in [2.45, 2.75) is 58.6 Å². The van der Waals surface area contributed by atoms with Crippen molar-refractivity contribution in [3.8, 4) is 5.75 Å². The molecule has 1 aromatic rings. The molecule has 2 aliphatic rings. The first-order chi connectivity index (χ1) is 9.11. The van der Waals surface area contributed by atoms with Gasteiger partial charge in [-0.2, -0.15) is 0 Å². The number of benzene rings is 1. The molecule has 3 rings (SSSR count). The lowest BCUT2D eigenvalue weighted by Crippen LogP contribution is -2.62. The molecule has 2 unspecified atom stereocenters. The van der Waals surface area contributed by atoms with Gasteiger partial charge < -0.3 is 10.1 Å². The number of ether oxygens (including phenoxy) is 1. The van der Waals surface area contributed by atoms with Crippen molar-refractivity contribution in [2.24, 2.45) is 5.41 Å². The fourth-order valence-electron chi connectivity index (χ4n) is 3.46. The minimum atomic E-state index is 0.231. The summed E-state index contributed by atoms with van der Waals surface area (Å²) in [5, 5.41) is 3.55. The van der Waals surface area contributed by atoms with Gasteiger partial charge in [-0.3, -0.25) is 0 Å². The molecule has 2 atom stereocenters. The summed E-state index contributed by atoms with van der Waals surface area (Å²) in [5.41, 5.74) is 3.25. The van der Waals surface area contributed by atoms with Crippen LogP contribution in [-0.4, -0.2) is 18.7 Å². The number of hydrogen-bond donors (Lipinski definition) is 1. The fourth-order valence-corrected chi connectivity index (χ4v) is 3.46. The lowest BCUT2D eigenvalue weighted by molar-refractivity contribution is -0.0541. The second kappa shape index (κ2) is 4.82. The molecule has 1 fully saturated rings. The van der Waals surface area contributed by atoms with Gasteiger partial charge in [-0.05, 0) is 49.1 Å². The fraction of sp³-hybridized carbons (Fsp3) is 0.647. The SMILES string of the molecule is CCNC1CC(Oc2ccc3c(c2)CCC3)C1(C)C. The Morgan fingerprint density at radius 1 is 1.26 bits per heavy atom. The molecule has 19 heavy (non-hydrogen) atoms. The van der Waals surface area contributed by atoms with Crippen molar-refractivity contribution >= 4 is 0 Å². The molecular weight excluding hydrogens is 234 g/mol. The second-order valence-corrected chi connectivity index (χ2v) is 6.56. The van der Waals surface area contributed by atoms with E-state index < -0.39 is 0 Å². The van der Waals surface area contributed by atoms with E-state index in [1.807, 2.05) is 0 Å². The summed E-state index contributed by atoms with van der Waals surface area (Å²) >= 11 is 0. The molecule has 2 aliphatic carbocycles. The predicted molar refractivity (Wildman–Crippen MR) is 78.7 cm³/mol. The molecule has 0 aliphatic heterocycles. The molecule has 2 heteroatoms. The van der Waals surface area contributed by atoms with E-state index in [2.05, 4.69) is 44.3 Å². The quantitative estimate of drug-likeness (QED) is 0.895. The zero-order chi connectivity index (χ0) is 13.5. The van der Waals surface area contributed by atoms with Gasteiger partial charge in [-0.1, -0.05) is 26.8 Å². The topological polar surface area (TPSA) is 21.3 Å². The molecule has 0 aromatic heterocycles. The molecular formula is C17H25NO. The highest BCUT2D eigenvalue weighted by Gasteiger charge is 2.49. The highest BCUT2D eigenvalue weighted by molar-refractivity contribution is 5.38.